The second-order valence-corrected chi connectivity index (χ2v) is 5.78. The smallest absolute Gasteiger partial charge is 0.179 e. The summed E-state index contributed by atoms with van der Waals surface area (Å²) >= 11 is 12.0. The van der Waals surface area contributed by atoms with Crippen LogP contribution in [0, 0.1) is 0 Å². The zero-order valence-corrected chi connectivity index (χ0v) is 12.3. The Bertz CT molecular complexity index is 645. The number of pyridine rings is 1. The summed E-state index contributed by atoms with van der Waals surface area (Å²) in [7, 11) is 0. The molecule has 4 nitrogen and oxygen atoms in total. The highest BCUT2D eigenvalue weighted by Crippen LogP contribution is 2.29. The fourth-order valence-corrected chi connectivity index (χ4v) is 2.91. The highest BCUT2D eigenvalue weighted by Gasteiger charge is 2.19. The van der Waals surface area contributed by atoms with E-state index in [4.69, 9.17) is 28.9 Å². The number of aromatic nitrogens is 3. The molecular formula is C14H14Cl2N4. The fraction of sp³-hybridized carbons (Fsp3) is 0.357. The highest BCUT2D eigenvalue weighted by molar-refractivity contribution is 6.35. The Morgan fingerprint density at radius 1 is 1.15 bits per heavy atom. The normalized spacial score (nSPS) is 18.4. The summed E-state index contributed by atoms with van der Waals surface area (Å²) in [4.78, 5) is 13.2. The van der Waals surface area contributed by atoms with Gasteiger partial charge >= 0.3 is 0 Å². The summed E-state index contributed by atoms with van der Waals surface area (Å²) in [6.07, 6.45) is 7.47. The van der Waals surface area contributed by atoms with Crippen molar-refractivity contribution in [3.63, 3.8) is 0 Å². The zero-order valence-electron chi connectivity index (χ0n) is 10.8. The lowest BCUT2D eigenvalue weighted by molar-refractivity contribution is 0.614. The maximum Gasteiger partial charge on any atom is 0.179 e. The number of nitrogens with two attached hydrogens (primary N) is 1. The molecule has 0 fully saturated rings. The molecule has 2 aromatic rings. The second kappa shape index (κ2) is 5.64. The van der Waals surface area contributed by atoms with E-state index >= 15 is 0 Å². The Balaban J connectivity index is 2.05. The van der Waals surface area contributed by atoms with Crippen molar-refractivity contribution in [1.29, 1.82) is 0 Å². The lowest BCUT2D eigenvalue weighted by Gasteiger charge is -2.12. The van der Waals surface area contributed by atoms with E-state index in [0.717, 1.165) is 36.9 Å². The number of aryl methyl sites for hydroxylation is 1. The monoisotopic (exact) mass is 308 g/mol. The van der Waals surface area contributed by atoms with Crippen LogP contribution >= 0.6 is 23.2 Å². The number of fused-ring (bicyclic) bond motifs is 1. The molecule has 0 aromatic carbocycles. The van der Waals surface area contributed by atoms with E-state index in [2.05, 4.69) is 15.0 Å². The molecule has 104 valence electrons. The maximum absolute atomic E-state index is 6.16. The largest absolute Gasteiger partial charge is 0.324 e. The molecule has 2 aromatic heterocycles. The van der Waals surface area contributed by atoms with Gasteiger partial charge in [0.15, 0.2) is 5.82 Å². The van der Waals surface area contributed by atoms with Crippen LogP contribution in [0.15, 0.2) is 18.5 Å². The first-order valence-corrected chi connectivity index (χ1v) is 7.33. The molecule has 2 heterocycles. The quantitative estimate of drug-likeness (QED) is 0.818. The van der Waals surface area contributed by atoms with Gasteiger partial charge in [-0.05, 0) is 25.3 Å². The molecule has 6 heteroatoms. The van der Waals surface area contributed by atoms with E-state index in [1.807, 2.05) is 0 Å². The fourth-order valence-electron chi connectivity index (χ4n) is 2.44. The maximum atomic E-state index is 6.16. The summed E-state index contributed by atoms with van der Waals surface area (Å²) in [6.45, 7) is 0. The Hall–Kier alpha value is -1.23. The Morgan fingerprint density at radius 2 is 2.00 bits per heavy atom. The van der Waals surface area contributed by atoms with Gasteiger partial charge in [-0.1, -0.05) is 29.6 Å². The highest BCUT2D eigenvalue weighted by atomic mass is 35.5. The van der Waals surface area contributed by atoms with Crippen LogP contribution in [0.25, 0.3) is 11.5 Å². The molecule has 0 saturated carbocycles. The Morgan fingerprint density at radius 3 is 2.80 bits per heavy atom. The van der Waals surface area contributed by atoms with Gasteiger partial charge in [0.25, 0.3) is 0 Å². The standard InChI is InChI=1S/C14H14Cl2N4/c15-8-5-10(16)13(18-6-8)14-19-7-9-11(17)3-1-2-4-12(9)20-14/h5-7,11H,1-4,17H2. The minimum absolute atomic E-state index is 0.0233. The van der Waals surface area contributed by atoms with Crippen LogP contribution in [0.4, 0.5) is 0 Å². The van der Waals surface area contributed by atoms with Crippen LogP contribution in [0.3, 0.4) is 0 Å². The molecule has 0 amide bonds. The average Bonchev–Trinajstić information content (AvgIpc) is 2.60. The molecule has 0 bridgehead atoms. The van der Waals surface area contributed by atoms with Crippen molar-refractivity contribution < 1.29 is 0 Å². The van der Waals surface area contributed by atoms with E-state index in [0.29, 0.717) is 21.6 Å². The topological polar surface area (TPSA) is 64.7 Å². The van der Waals surface area contributed by atoms with E-state index in [-0.39, 0.29) is 6.04 Å². The van der Waals surface area contributed by atoms with Crippen molar-refractivity contribution in [2.45, 2.75) is 31.7 Å². The lowest BCUT2D eigenvalue weighted by atomic mass is 10.1. The average molecular weight is 309 g/mol. The predicted octanol–water partition coefficient (Wildman–Crippen LogP) is 3.57. The van der Waals surface area contributed by atoms with Crippen molar-refractivity contribution >= 4 is 23.2 Å². The third-order valence-electron chi connectivity index (χ3n) is 3.50. The summed E-state index contributed by atoms with van der Waals surface area (Å²) < 4.78 is 0. The molecule has 0 aliphatic heterocycles. The van der Waals surface area contributed by atoms with Crippen LogP contribution < -0.4 is 5.73 Å². The van der Waals surface area contributed by atoms with Gasteiger partial charge in [-0.25, -0.2) is 15.0 Å². The number of hydrogen-bond acceptors (Lipinski definition) is 4. The molecule has 1 aliphatic rings. The van der Waals surface area contributed by atoms with Crippen molar-refractivity contribution in [3.8, 4) is 11.5 Å². The number of rotatable bonds is 1. The second-order valence-electron chi connectivity index (χ2n) is 4.93. The van der Waals surface area contributed by atoms with E-state index in [1.165, 1.54) is 0 Å². The molecule has 0 spiro atoms. The summed E-state index contributed by atoms with van der Waals surface area (Å²) in [6, 6.07) is 1.67. The SMILES string of the molecule is NC1CCCCc2nc(-c3ncc(Cl)cc3Cl)ncc21. The van der Waals surface area contributed by atoms with Gasteiger partial charge < -0.3 is 5.73 Å². The van der Waals surface area contributed by atoms with Gasteiger partial charge in [-0.3, -0.25) is 0 Å². The van der Waals surface area contributed by atoms with Gasteiger partial charge in [0.05, 0.1) is 10.0 Å². The Labute approximate surface area is 127 Å². The van der Waals surface area contributed by atoms with Crippen LogP contribution in [-0.2, 0) is 6.42 Å². The van der Waals surface area contributed by atoms with Crippen molar-refractivity contribution in [2.75, 3.05) is 0 Å². The van der Waals surface area contributed by atoms with E-state index < -0.39 is 0 Å². The first kappa shape index (κ1) is 13.7. The lowest BCUT2D eigenvalue weighted by Crippen LogP contribution is -2.12. The van der Waals surface area contributed by atoms with Gasteiger partial charge in [-0.2, -0.15) is 0 Å². The third-order valence-corrected chi connectivity index (χ3v) is 3.99. The van der Waals surface area contributed by atoms with Crippen LogP contribution in [0.1, 0.15) is 36.6 Å². The van der Waals surface area contributed by atoms with Gasteiger partial charge in [0.1, 0.15) is 5.69 Å². The zero-order chi connectivity index (χ0) is 14.1. The molecular weight excluding hydrogens is 295 g/mol. The number of nitrogens with zero attached hydrogens (tertiary/aromatic N) is 3. The van der Waals surface area contributed by atoms with Crippen LogP contribution in [-0.4, -0.2) is 15.0 Å². The molecule has 0 radical (unpaired) electrons. The molecule has 1 aliphatic carbocycles. The summed E-state index contributed by atoms with van der Waals surface area (Å²) in [5, 5.41) is 0.950. The molecule has 20 heavy (non-hydrogen) atoms. The molecule has 2 N–H and O–H groups in total. The molecule has 1 atom stereocenters. The molecule has 1 unspecified atom stereocenters. The number of halogens is 2. The van der Waals surface area contributed by atoms with Gasteiger partial charge in [-0.15, -0.1) is 0 Å². The third kappa shape index (κ3) is 2.64. The minimum Gasteiger partial charge on any atom is -0.324 e. The molecule has 3 rings (SSSR count). The van der Waals surface area contributed by atoms with Crippen molar-refractivity contribution in [2.24, 2.45) is 5.73 Å². The minimum atomic E-state index is 0.0233. The summed E-state index contributed by atoms with van der Waals surface area (Å²) in [5.41, 5.74) is 8.74. The van der Waals surface area contributed by atoms with E-state index in [9.17, 15) is 0 Å². The molecule has 0 saturated heterocycles. The first-order chi connectivity index (χ1) is 9.65. The van der Waals surface area contributed by atoms with Gasteiger partial charge in [0, 0.05) is 29.7 Å². The summed E-state index contributed by atoms with van der Waals surface area (Å²) in [5.74, 6) is 0.527. The van der Waals surface area contributed by atoms with Crippen LogP contribution in [0.2, 0.25) is 10.0 Å². The van der Waals surface area contributed by atoms with Crippen LogP contribution in [0.5, 0.6) is 0 Å². The first-order valence-electron chi connectivity index (χ1n) is 6.58. The predicted molar refractivity (Wildman–Crippen MR) is 79.8 cm³/mol. The van der Waals surface area contributed by atoms with Crippen molar-refractivity contribution in [3.05, 3.63) is 39.8 Å². The number of hydrogen-bond donors (Lipinski definition) is 1. The van der Waals surface area contributed by atoms with E-state index in [1.54, 1.807) is 18.5 Å². The van der Waals surface area contributed by atoms with Crippen molar-refractivity contribution in [1.82, 2.24) is 15.0 Å². The Kier molecular flexibility index (Phi) is 3.87. The van der Waals surface area contributed by atoms with Gasteiger partial charge in [0.2, 0.25) is 0 Å².